The molecule has 0 bridgehead atoms. The average Bonchev–Trinajstić information content (AvgIpc) is 2.18. The van der Waals surface area contributed by atoms with E-state index in [0.717, 1.165) is 5.56 Å². The number of nitrogens with two attached hydrogens (primary N) is 1. The highest BCUT2D eigenvalue weighted by atomic mass is 16.3. The Kier molecular flexibility index (Phi) is 3.29. The number of rotatable bonds is 3. The molecular weight excluding hydrogens is 174 g/mol. The van der Waals surface area contributed by atoms with Crippen LogP contribution in [0.4, 0.5) is 0 Å². The predicted molar refractivity (Wildman–Crippen MR) is 59.2 cm³/mol. The summed E-state index contributed by atoms with van der Waals surface area (Å²) in [6.07, 6.45) is 0. The third-order valence-corrected chi connectivity index (χ3v) is 2.60. The molecule has 1 aromatic rings. The maximum absolute atomic E-state index is 9.90. The lowest BCUT2D eigenvalue weighted by molar-refractivity contribution is 0.0668. The van der Waals surface area contributed by atoms with E-state index in [2.05, 4.69) is 13.8 Å². The van der Waals surface area contributed by atoms with E-state index in [4.69, 9.17) is 5.73 Å². The Bertz CT molecular complexity index is 288. The van der Waals surface area contributed by atoms with Crippen molar-refractivity contribution in [1.29, 1.82) is 0 Å². The smallest absolute Gasteiger partial charge is 0.0990 e. The second kappa shape index (κ2) is 4.11. The summed E-state index contributed by atoms with van der Waals surface area (Å²) in [5, 5.41) is 9.90. The fourth-order valence-corrected chi connectivity index (χ4v) is 1.34. The lowest BCUT2D eigenvalue weighted by Gasteiger charge is -2.22. The molecule has 0 amide bonds. The molecule has 14 heavy (non-hydrogen) atoms. The van der Waals surface area contributed by atoms with Crippen molar-refractivity contribution in [3.8, 4) is 0 Å². The van der Waals surface area contributed by atoms with Crippen LogP contribution in [0.1, 0.15) is 37.8 Å². The second-order valence-corrected chi connectivity index (χ2v) is 4.25. The van der Waals surface area contributed by atoms with Crippen LogP contribution in [0.2, 0.25) is 0 Å². The van der Waals surface area contributed by atoms with Crippen molar-refractivity contribution in [2.24, 2.45) is 5.73 Å². The molecule has 0 unspecified atom stereocenters. The van der Waals surface area contributed by atoms with E-state index in [1.807, 2.05) is 24.3 Å². The van der Waals surface area contributed by atoms with Crippen LogP contribution in [0.25, 0.3) is 0 Å². The minimum atomic E-state index is -0.907. The van der Waals surface area contributed by atoms with Crippen molar-refractivity contribution in [1.82, 2.24) is 0 Å². The van der Waals surface area contributed by atoms with Crippen LogP contribution in [0.5, 0.6) is 0 Å². The van der Waals surface area contributed by atoms with Gasteiger partial charge < -0.3 is 10.8 Å². The minimum absolute atomic E-state index is 0.244. The van der Waals surface area contributed by atoms with E-state index in [9.17, 15) is 5.11 Å². The Morgan fingerprint density at radius 1 is 1.29 bits per heavy atom. The summed E-state index contributed by atoms with van der Waals surface area (Å²) in [4.78, 5) is 0. The maximum atomic E-state index is 9.90. The van der Waals surface area contributed by atoms with E-state index in [0.29, 0.717) is 5.92 Å². The summed E-state index contributed by atoms with van der Waals surface area (Å²) < 4.78 is 0. The predicted octanol–water partition coefficient (Wildman–Crippen LogP) is 1.98. The third kappa shape index (κ3) is 2.34. The van der Waals surface area contributed by atoms with Gasteiger partial charge in [0.05, 0.1) is 5.60 Å². The molecule has 0 fully saturated rings. The van der Waals surface area contributed by atoms with Crippen LogP contribution in [0.15, 0.2) is 24.3 Å². The standard InChI is InChI=1S/C12H19NO/c1-9(2)10-4-6-11(7-5-10)12(3,14)8-13/h4-7,9,14H,8,13H2,1-3H3/t12-/m0/s1. The van der Waals surface area contributed by atoms with Crippen molar-refractivity contribution < 1.29 is 5.11 Å². The van der Waals surface area contributed by atoms with E-state index in [1.54, 1.807) is 6.92 Å². The first-order valence-electron chi connectivity index (χ1n) is 5.00. The van der Waals surface area contributed by atoms with Crippen molar-refractivity contribution >= 4 is 0 Å². The molecule has 0 aliphatic carbocycles. The van der Waals surface area contributed by atoms with Crippen LogP contribution < -0.4 is 5.73 Å². The lowest BCUT2D eigenvalue weighted by Crippen LogP contribution is -2.31. The summed E-state index contributed by atoms with van der Waals surface area (Å²) in [6.45, 7) is 6.28. The van der Waals surface area contributed by atoms with Crippen LogP contribution in [0.3, 0.4) is 0 Å². The zero-order valence-electron chi connectivity index (χ0n) is 9.12. The first-order chi connectivity index (χ1) is 6.47. The van der Waals surface area contributed by atoms with Gasteiger partial charge in [-0.15, -0.1) is 0 Å². The average molecular weight is 193 g/mol. The maximum Gasteiger partial charge on any atom is 0.0990 e. The molecule has 0 spiro atoms. The molecule has 0 saturated carbocycles. The Morgan fingerprint density at radius 3 is 2.14 bits per heavy atom. The van der Waals surface area contributed by atoms with Crippen LogP contribution >= 0.6 is 0 Å². The van der Waals surface area contributed by atoms with E-state index in [1.165, 1.54) is 5.56 Å². The first kappa shape index (κ1) is 11.2. The van der Waals surface area contributed by atoms with Crippen molar-refractivity contribution in [3.63, 3.8) is 0 Å². The third-order valence-electron chi connectivity index (χ3n) is 2.60. The zero-order valence-corrected chi connectivity index (χ0v) is 9.12. The van der Waals surface area contributed by atoms with Gasteiger partial charge >= 0.3 is 0 Å². The highest BCUT2D eigenvalue weighted by Gasteiger charge is 2.20. The fourth-order valence-electron chi connectivity index (χ4n) is 1.34. The summed E-state index contributed by atoms with van der Waals surface area (Å²) in [7, 11) is 0. The molecule has 0 aromatic heterocycles. The summed E-state index contributed by atoms with van der Waals surface area (Å²) in [6, 6.07) is 7.98. The Balaban J connectivity index is 2.94. The van der Waals surface area contributed by atoms with Gasteiger partial charge in [0.25, 0.3) is 0 Å². The topological polar surface area (TPSA) is 46.2 Å². The van der Waals surface area contributed by atoms with E-state index < -0.39 is 5.60 Å². The quantitative estimate of drug-likeness (QED) is 0.771. The molecule has 1 rings (SSSR count). The molecule has 0 aliphatic rings. The van der Waals surface area contributed by atoms with Gasteiger partial charge in [-0.05, 0) is 24.0 Å². The van der Waals surface area contributed by atoms with Crippen molar-refractivity contribution in [2.75, 3.05) is 6.54 Å². The first-order valence-corrected chi connectivity index (χ1v) is 5.00. The van der Waals surface area contributed by atoms with Gasteiger partial charge in [-0.25, -0.2) is 0 Å². The van der Waals surface area contributed by atoms with Gasteiger partial charge in [0, 0.05) is 6.54 Å². The Hall–Kier alpha value is -0.860. The molecular formula is C12H19NO. The molecule has 0 aliphatic heterocycles. The molecule has 2 nitrogen and oxygen atoms in total. The van der Waals surface area contributed by atoms with Crippen molar-refractivity contribution in [2.45, 2.75) is 32.3 Å². The highest BCUT2D eigenvalue weighted by molar-refractivity contribution is 5.28. The van der Waals surface area contributed by atoms with Crippen LogP contribution in [0, 0.1) is 0 Å². The molecule has 0 heterocycles. The molecule has 1 aromatic carbocycles. The summed E-state index contributed by atoms with van der Waals surface area (Å²) in [5.74, 6) is 0.520. The summed E-state index contributed by atoms with van der Waals surface area (Å²) in [5.41, 5.74) is 6.74. The van der Waals surface area contributed by atoms with E-state index >= 15 is 0 Å². The summed E-state index contributed by atoms with van der Waals surface area (Å²) >= 11 is 0. The Labute approximate surface area is 85.8 Å². The number of aliphatic hydroxyl groups is 1. The fraction of sp³-hybridized carbons (Fsp3) is 0.500. The normalized spacial score (nSPS) is 15.6. The zero-order chi connectivity index (χ0) is 10.8. The van der Waals surface area contributed by atoms with Gasteiger partial charge in [0.15, 0.2) is 0 Å². The molecule has 0 saturated heterocycles. The van der Waals surface area contributed by atoms with Gasteiger partial charge in [-0.2, -0.15) is 0 Å². The van der Waals surface area contributed by atoms with E-state index in [-0.39, 0.29) is 6.54 Å². The number of hydrogen-bond acceptors (Lipinski definition) is 2. The molecule has 0 radical (unpaired) electrons. The SMILES string of the molecule is CC(C)c1ccc([C@@](C)(O)CN)cc1. The lowest BCUT2D eigenvalue weighted by atomic mass is 9.93. The van der Waals surface area contributed by atoms with Gasteiger partial charge in [-0.3, -0.25) is 0 Å². The molecule has 78 valence electrons. The van der Waals surface area contributed by atoms with Crippen LogP contribution in [-0.2, 0) is 5.60 Å². The molecule has 2 heteroatoms. The molecule has 3 N–H and O–H groups in total. The second-order valence-electron chi connectivity index (χ2n) is 4.25. The largest absolute Gasteiger partial charge is 0.384 e. The monoisotopic (exact) mass is 193 g/mol. The van der Waals surface area contributed by atoms with Crippen molar-refractivity contribution in [3.05, 3.63) is 35.4 Å². The van der Waals surface area contributed by atoms with Gasteiger partial charge in [0.2, 0.25) is 0 Å². The minimum Gasteiger partial charge on any atom is -0.384 e. The Morgan fingerprint density at radius 2 is 1.79 bits per heavy atom. The molecule has 1 atom stereocenters. The van der Waals surface area contributed by atoms with Crippen LogP contribution in [-0.4, -0.2) is 11.7 Å². The highest BCUT2D eigenvalue weighted by Crippen LogP contribution is 2.22. The van der Waals surface area contributed by atoms with Gasteiger partial charge in [-0.1, -0.05) is 38.1 Å². The van der Waals surface area contributed by atoms with Gasteiger partial charge in [0.1, 0.15) is 0 Å². The number of hydrogen-bond donors (Lipinski definition) is 2. The number of benzene rings is 1.